The first-order chi connectivity index (χ1) is 11.4. The highest BCUT2D eigenvalue weighted by Crippen LogP contribution is 2.09. The molecule has 0 saturated heterocycles. The number of para-hydroxylation sites is 2. The minimum atomic E-state index is -0.716. The van der Waals surface area contributed by atoms with Crippen molar-refractivity contribution >= 4 is 16.9 Å². The van der Waals surface area contributed by atoms with Crippen molar-refractivity contribution in [1.29, 1.82) is 0 Å². The number of carbonyl (C=O) groups is 1. The highest BCUT2D eigenvalue weighted by atomic mass is 16.2. The molecular formula is C18H25N3O3. The lowest BCUT2D eigenvalue weighted by atomic mass is 10.0. The van der Waals surface area contributed by atoms with Crippen molar-refractivity contribution in [3.8, 4) is 0 Å². The molecule has 0 bridgehead atoms. The first-order valence-electron chi connectivity index (χ1n) is 8.39. The van der Waals surface area contributed by atoms with E-state index in [2.05, 4.69) is 24.1 Å². The van der Waals surface area contributed by atoms with Gasteiger partial charge in [-0.05, 0) is 31.4 Å². The molecule has 1 unspecified atom stereocenters. The summed E-state index contributed by atoms with van der Waals surface area (Å²) in [5, 5.41) is 2.90. The van der Waals surface area contributed by atoms with E-state index in [1.54, 1.807) is 24.3 Å². The number of benzene rings is 1. The summed E-state index contributed by atoms with van der Waals surface area (Å²) in [6.45, 7) is 6.15. The number of carbonyl (C=O) groups excluding carboxylic acids is 1. The standard InChI is InChI=1S/C18H25N3O3/c1-12(2)7-6-8-13(3)19-16(22)11-21-15-10-5-4-9-14(15)20-17(23)18(21)24/h4-5,9-10,12-13H,6-8,11H2,1-3H3,(H,19,22)(H,20,23). The Hall–Kier alpha value is -2.37. The third-order valence-electron chi connectivity index (χ3n) is 4.01. The molecule has 0 spiro atoms. The van der Waals surface area contributed by atoms with Crippen LogP contribution in [0.2, 0.25) is 0 Å². The second-order valence-corrected chi connectivity index (χ2v) is 6.66. The Labute approximate surface area is 140 Å². The fourth-order valence-corrected chi connectivity index (χ4v) is 2.75. The Bertz CT molecular complexity index is 820. The topological polar surface area (TPSA) is 84.0 Å². The van der Waals surface area contributed by atoms with E-state index >= 15 is 0 Å². The maximum Gasteiger partial charge on any atom is 0.317 e. The SMILES string of the molecule is CC(C)CCCC(C)NC(=O)Cn1c(=O)c(=O)[nH]c2ccccc21. The fraction of sp³-hybridized carbons (Fsp3) is 0.500. The van der Waals surface area contributed by atoms with Gasteiger partial charge in [0.25, 0.3) is 0 Å². The van der Waals surface area contributed by atoms with Crippen LogP contribution >= 0.6 is 0 Å². The van der Waals surface area contributed by atoms with Crippen LogP contribution in [0.1, 0.15) is 40.0 Å². The highest BCUT2D eigenvalue weighted by Gasteiger charge is 2.13. The molecule has 6 nitrogen and oxygen atoms in total. The van der Waals surface area contributed by atoms with Gasteiger partial charge < -0.3 is 10.3 Å². The first kappa shape index (κ1) is 18.0. The fourth-order valence-electron chi connectivity index (χ4n) is 2.75. The Morgan fingerprint density at radius 1 is 1.17 bits per heavy atom. The first-order valence-corrected chi connectivity index (χ1v) is 8.39. The highest BCUT2D eigenvalue weighted by molar-refractivity contribution is 5.80. The predicted molar refractivity (Wildman–Crippen MR) is 95.1 cm³/mol. The molecule has 0 aliphatic carbocycles. The van der Waals surface area contributed by atoms with Gasteiger partial charge in [0.05, 0.1) is 11.0 Å². The summed E-state index contributed by atoms with van der Waals surface area (Å²) in [5.74, 6) is 0.388. The number of rotatable bonds is 7. The van der Waals surface area contributed by atoms with Crippen LogP contribution in [0.3, 0.4) is 0 Å². The molecule has 0 radical (unpaired) electrons. The van der Waals surface area contributed by atoms with E-state index in [-0.39, 0.29) is 18.5 Å². The molecule has 130 valence electrons. The van der Waals surface area contributed by atoms with Gasteiger partial charge in [0.15, 0.2) is 0 Å². The molecular weight excluding hydrogens is 306 g/mol. The number of amides is 1. The Morgan fingerprint density at radius 2 is 1.88 bits per heavy atom. The van der Waals surface area contributed by atoms with Crippen molar-refractivity contribution < 1.29 is 4.79 Å². The van der Waals surface area contributed by atoms with Crippen LogP contribution in [0.5, 0.6) is 0 Å². The predicted octanol–water partition coefficient (Wildman–Crippen LogP) is 2.02. The Morgan fingerprint density at radius 3 is 2.58 bits per heavy atom. The van der Waals surface area contributed by atoms with Gasteiger partial charge >= 0.3 is 11.1 Å². The summed E-state index contributed by atoms with van der Waals surface area (Å²) >= 11 is 0. The molecule has 1 aromatic carbocycles. The van der Waals surface area contributed by atoms with Crippen LogP contribution in [0.15, 0.2) is 33.9 Å². The van der Waals surface area contributed by atoms with Crippen molar-refractivity contribution in [2.75, 3.05) is 0 Å². The van der Waals surface area contributed by atoms with Gasteiger partial charge in [-0.15, -0.1) is 0 Å². The molecule has 0 saturated carbocycles. The van der Waals surface area contributed by atoms with Gasteiger partial charge in [-0.3, -0.25) is 19.0 Å². The normalized spacial score (nSPS) is 12.5. The minimum Gasteiger partial charge on any atom is -0.352 e. The molecule has 2 N–H and O–H groups in total. The molecule has 1 amide bonds. The van der Waals surface area contributed by atoms with Crippen molar-refractivity contribution in [2.24, 2.45) is 5.92 Å². The average molecular weight is 331 g/mol. The summed E-state index contributed by atoms with van der Waals surface area (Å²) in [7, 11) is 0. The van der Waals surface area contributed by atoms with Crippen LogP contribution in [0.25, 0.3) is 11.0 Å². The summed E-state index contributed by atoms with van der Waals surface area (Å²) < 4.78 is 1.23. The zero-order chi connectivity index (χ0) is 17.7. The summed E-state index contributed by atoms with van der Waals surface area (Å²) in [6, 6.07) is 7.00. The van der Waals surface area contributed by atoms with Gasteiger partial charge in [0.2, 0.25) is 5.91 Å². The monoisotopic (exact) mass is 331 g/mol. The van der Waals surface area contributed by atoms with Crippen molar-refractivity contribution in [3.05, 3.63) is 45.0 Å². The molecule has 6 heteroatoms. The number of aromatic nitrogens is 2. The second kappa shape index (κ2) is 7.95. The maximum absolute atomic E-state index is 12.2. The van der Waals surface area contributed by atoms with E-state index in [4.69, 9.17) is 0 Å². The third-order valence-corrected chi connectivity index (χ3v) is 4.01. The number of nitrogens with one attached hydrogen (secondary N) is 2. The molecule has 0 fully saturated rings. The lowest BCUT2D eigenvalue weighted by Crippen LogP contribution is -2.42. The number of fused-ring (bicyclic) bond motifs is 1. The van der Waals surface area contributed by atoms with Crippen LogP contribution < -0.4 is 16.4 Å². The van der Waals surface area contributed by atoms with Crippen molar-refractivity contribution in [3.63, 3.8) is 0 Å². The number of hydrogen-bond acceptors (Lipinski definition) is 3. The van der Waals surface area contributed by atoms with E-state index in [1.807, 2.05) is 6.92 Å². The zero-order valence-corrected chi connectivity index (χ0v) is 14.5. The van der Waals surface area contributed by atoms with E-state index in [0.717, 1.165) is 19.3 Å². The zero-order valence-electron chi connectivity index (χ0n) is 14.5. The van der Waals surface area contributed by atoms with Gasteiger partial charge in [-0.25, -0.2) is 0 Å². The van der Waals surface area contributed by atoms with Gasteiger partial charge in [0.1, 0.15) is 6.54 Å². The largest absolute Gasteiger partial charge is 0.352 e. The number of hydrogen-bond donors (Lipinski definition) is 2. The molecule has 1 aromatic heterocycles. The smallest absolute Gasteiger partial charge is 0.317 e. The molecule has 1 atom stereocenters. The number of H-pyrrole nitrogens is 1. The summed E-state index contributed by atoms with van der Waals surface area (Å²) in [4.78, 5) is 38.6. The molecule has 2 rings (SSSR count). The Balaban J connectivity index is 2.09. The molecule has 2 aromatic rings. The second-order valence-electron chi connectivity index (χ2n) is 6.66. The lowest BCUT2D eigenvalue weighted by Gasteiger charge is -2.15. The average Bonchev–Trinajstić information content (AvgIpc) is 2.51. The van der Waals surface area contributed by atoms with E-state index < -0.39 is 11.1 Å². The summed E-state index contributed by atoms with van der Waals surface area (Å²) in [5.41, 5.74) is -0.340. The van der Waals surface area contributed by atoms with Crippen molar-refractivity contribution in [2.45, 2.75) is 52.6 Å². The van der Waals surface area contributed by atoms with Crippen LogP contribution in [-0.2, 0) is 11.3 Å². The van der Waals surface area contributed by atoms with Gasteiger partial charge in [0, 0.05) is 6.04 Å². The molecule has 24 heavy (non-hydrogen) atoms. The third kappa shape index (κ3) is 4.57. The lowest BCUT2D eigenvalue weighted by molar-refractivity contribution is -0.122. The van der Waals surface area contributed by atoms with E-state index in [9.17, 15) is 14.4 Å². The van der Waals surface area contributed by atoms with Crippen LogP contribution in [0, 0.1) is 5.92 Å². The van der Waals surface area contributed by atoms with Gasteiger partial charge in [-0.1, -0.05) is 38.8 Å². The molecule has 1 heterocycles. The maximum atomic E-state index is 12.2. The number of nitrogens with zero attached hydrogens (tertiary/aromatic N) is 1. The number of aromatic amines is 1. The van der Waals surface area contributed by atoms with Crippen LogP contribution in [0.4, 0.5) is 0 Å². The Kier molecular flexibility index (Phi) is 5.95. The van der Waals surface area contributed by atoms with Gasteiger partial charge in [-0.2, -0.15) is 0 Å². The minimum absolute atomic E-state index is 0.0419. The van der Waals surface area contributed by atoms with E-state index in [1.165, 1.54) is 4.57 Å². The summed E-state index contributed by atoms with van der Waals surface area (Å²) in [6.07, 6.45) is 3.07. The quantitative estimate of drug-likeness (QED) is 0.761. The van der Waals surface area contributed by atoms with Crippen molar-refractivity contribution in [1.82, 2.24) is 14.9 Å². The molecule has 0 aliphatic rings. The van der Waals surface area contributed by atoms with E-state index in [0.29, 0.717) is 17.0 Å². The molecule has 0 aliphatic heterocycles. The van der Waals surface area contributed by atoms with Crippen LogP contribution in [-0.4, -0.2) is 21.5 Å².